The minimum absolute atomic E-state index is 0.141. The second-order valence-corrected chi connectivity index (χ2v) is 5.61. The van der Waals surface area contributed by atoms with Crippen molar-refractivity contribution in [3.63, 3.8) is 0 Å². The molecule has 0 bridgehead atoms. The number of halogens is 1. The van der Waals surface area contributed by atoms with Crippen molar-refractivity contribution in [2.45, 2.75) is 19.9 Å². The van der Waals surface area contributed by atoms with Crippen LogP contribution in [0.3, 0.4) is 0 Å². The van der Waals surface area contributed by atoms with E-state index < -0.39 is 23.6 Å². The van der Waals surface area contributed by atoms with E-state index in [-0.39, 0.29) is 11.4 Å². The first-order valence-electron chi connectivity index (χ1n) is 7.38. The predicted molar refractivity (Wildman–Crippen MR) is 91.9 cm³/mol. The van der Waals surface area contributed by atoms with E-state index in [0.29, 0.717) is 23.7 Å². The number of benzene rings is 1. The fraction of sp³-hybridized carbons (Fsp3) is 0.312. The van der Waals surface area contributed by atoms with Crippen molar-refractivity contribution < 1.29 is 9.53 Å². The third-order valence-corrected chi connectivity index (χ3v) is 3.82. The van der Waals surface area contributed by atoms with Crippen LogP contribution in [-0.4, -0.2) is 21.5 Å². The van der Waals surface area contributed by atoms with Crippen LogP contribution in [0.2, 0.25) is 5.02 Å². The lowest BCUT2D eigenvalue weighted by atomic mass is 10.2. The first kappa shape index (κ1) is 17.8. The highest BCUT2D eigenvalue weighted by Gasteiger charge is 2.21. The molecular formula is C16H18ClN3O4. The molecular weight excluding hydrogens is 334 g/mol. The van der Waals surface area contributed by atoms with E-state index >= 15 is 0 Å². The van der Waals surface area contributed by atoms with Gasteiger partial charge < -0.3 is 10.5 Å². The number of anilines is 1. The van der Waals surface area contributed by atoms with Crippen LogP contribution in [-0.2, 0) is 13.6 Å². The largest absolute Gasteiger partial charge is 0.484 e. The van der Waals surface area contributed by atoms with Gasteiger partial charge in [0, 0.05) is 13.6 Å². The fourth-order valence-corrected chi connectivity index (χ4v) is 2.45. The molecule has 8 heteroatoms. The predicted octanol–water partition coefficient (Wildman–Crippen LogP) is 1.45. The zero-order valence-corrected chi connectivity index (χ0v) is 14.2. The van der Waals surface area contributed by atoms with Crippen molar-refractivity contribution in [1.82, 2.24) is 9.13 Å². The Labute approximate surface area is 143 Å². The topological polar surface area (TPSA) is 96.3 Å². The number of nitrogens with two attached hydrogens (primary N) is 1. The van der Waals surface area contributed by atoms with Crippen LogP contribution in [0, 0.1) is 0 Å². The van der Waals surface area contributed by atoms with Crippen LogP contribution < -0.4 is 21.7 Å². The Hall–Kier alpha value is -2.54. The highest BCUT2D eigenvalue weighted by Crippen LogP contribution is 2.23. The normalized spacial score (nSPS) is 10.6. The molecule has 2 N–H and O–H groups in total. The van der Waals surface area contributed by atoms with Gasteiger partial charge in [0.05, 0.1) is 5.02 Å². The van der Waals surface area contributed by atoms with Gasteiger partial charge in [-0.1, -0.05) is 30.7 Å². The average Bonchev–Trinajstić information content (AvgIpc) is 2.56. The number of nitrogens with zero attached hydrogens (tertiary/aromatic N) is 2. The highest BCUT2D eigenvalue weighted by molar-refractivity contribution is 6.32. The van der Waals surface area contributed by atoms with Gasteiger partial charge in [-0.05, 0) is 18.6 Å². The third-order valence-electron chi connectivity index (χ3n) is 3.50. The van der Waals surface area contributed by atoms with E-state index in [0.717, 1.165) is 4.57 Å². The van der Waals surface area contributed by atoms with Crippen LogP contribution >= 0.6 is 11.6 Å². The summed E-state index contributed by atoms with van der Waals surface area (Å²) >= 11 is 5.96. The molecule has 0 radical (unpaired) electrons. The summed E-state index contributed by atoms with van der Waals surface area (Å²) < 4.78 is 7.44. The number of Topliss-reactive ketones (excluding diaryl/α,β-unsaturated/α-hetero) is 1. The number of aromatic nitrogens is 2. The summed E-state index contributed by atoms with van der Waals surface area (Å²) in [4.78, 5) is 36.8. The van der Waals surface area contributed by atoms with Gasteiger partial charge in [0.1, 0.15) is 17.1 Å². The lowest BCUT2D eigenvalue weighted by Crippen LogP contribution is -2.43. The van der Waals surface area contributed by atoms with Crippen molar-refractivity contribution in [2.24, 2.45) is 7.05 Å². The molecule has 0 aliphatic rings. The van der Waals surface area contributed by atoms with Crippen molar-refractivity contribution in [1.29, 1.82) is 0 Å². The van der Waals surface area contributed by atoms with E-state index in [1.807, 2.05) is 6.92 Å². The molecule has 1 aromatic carbocycles. The molecule has 128 valence electrons. The lowest BCUT2D eigenvalue weighted by Gasteiger charge is -2.14. The van der Waals surface area contributed by atoms with Gasteiger partial charge in [-0.15, -0.1) is 0 Å². The first-order valence-corrected chi connectivity index (χ1v) is 7.76. The van der Waals surface area contributed by atoms with Crippen LogP contribution in [0.25, 0.3) is 0 Å². The number of rotatable bonds is 6. The number of carbonyl (C=O) groups excluding carboxylic acids is 1. The molecule has 0 fully saturated rings. The Morgan fingerprint density at radius 2 is 1.96 bits per heavy atom. The molecule has 1 heterocycles. The maximum atomic E-state index is 12.4. The number of hydrogen-bond donors (Lipinski definition) is 1. The average molecular weight is 352 g/mol. The SMILES string of the molecule is CCCn1c(N)c(C(=O)COc2ccccc2Cl)c(=O)n(C)c1=O. The highest BCUT2D eigenvalue weighted by atomic mass is 35.5. The molecule has 1 aromatic heterocycles. The van der Waals surface area contributed by atoms with Gasteiger partial charge in [-0.3, -0.25) is 18.7 Å². The maximum Gasteiger partial charge on any atom is 0.332 e. The lowest BCUT2D eigenvalue weighted by molar-refractivity contribution is 0.0919. The van der Waals surface area contributed by atoms with Crippen molar-refractivity contribution in [3.8, 4) is 5.75 Å². The second-order valence-electron chi connectivity index (χ2n) is 5.20. The monoisotopic (exact) mass is 351 g/mol. The second kappa shape index (κ2) is 7.35. The van der Waals surface area contributed by atoms with Gasteiger partial charge >= 0.3 is 5.69 Å². The zero-order valence-electron chi connectivity index (χ0n) is 13.4. The van der Waals surface area contributed by atoms with E-state index in [1.54, 1.807) is 24.3 Å². The number of ether oxygens (including phenoxy) is 1. The summed E-state index contributed by atoms with van der Waals surface area (Å²) in [5, 5.41) is 0.349. The smallest absolute Gasteiger partial charge is 0.332 e. The summed E-state index contributed by atoms with van der Waals surface area (Å²) in [6, 6.07) is 6.66. The number of ketones is 1. The zero-order chi connectivity index (χ0) is 17.9. The van der Waals surface area contributed by atoms with Crippen LogP contribution in [0.5, 0.6) is 5.75 Å². The molecule has 7 nitrogen and oxygen atoms in total. The van der Waals surface area contributed by atoms with Gasteiger partial charge in [0.15, 0.2) is 6.61 Å². The van der Waals surface area contributed by atoms with E-state index in [4.69, 9.17) is 22.1 Å². The first-order chi connectivity index (χ1) is 11.4. The minimum atomic E-state index is -0.738. The van der Waals surface area contributed by atoms with Crippen molar-refractivity contribution >= 4 is 23.2 Å². The summed E-state index contributed by atoms with van der Waals surface area (Å²) in [7, 11) is 1.31. The van der Waals surface area contributed by atoms with Crippen LogP contribution in [0.15, 0.2) is 33.9 Å². The molecule has 2 aromatic rings. The Balaban J connectivity index is 2.37. The molecule has 0 unspecified atom stereocenters. The van der Waals surface area contributed by atoms with Crippen LogP contribution in [0.4, 0.5) is 5.82 Å². The summed E-state index contributed by atoms with van der Waals surface area (Å²) in [5.41, 5.74) is 4.34. The summed E-state index contributed by atoms with van der Waals surface area (Å²) in [5.74, 6) is -0.430. The molecule has 0 amide bonds. The van der Waals surface area contributed by atoms with E-state index in [9.17, 15) is 14.4 Å². The van der Waals surface area contributed by atoms with Crippen molar-refractivity contribution in [3.05, 3.63) is 55.7 Å². The number of para-hydroxylation sites is 1. The molecule has 24 heavy (non-hydrogen) atoms. The van der Waals surface area contributed by atoms with Crippen LogP contribution in [0.1, 0.15) is 23.7 Å². The molecule has 0 aliphatic carbocycles. The van der Waals surface area contributed by atoms with Crippen molar-refractivity contribution in [2.75, 3.05) is 12.3 Å². The van der Waals surface area contributed by atoms with Gasteiger partial charge in [0.2, 0.25) is 5.78 Å². The molecule has 0 saturated carbocycles. The third kappa shape index (κ3) is 3.35. The molecule has 2 rings (SSSR count). The van der Waals surface area contributed by atoms with E-state index in [2.05, 4.69) is 0 Å². The number of nitrogen functional groups attached to an aromatic ring is 1. The molecule has 0 aliphatic heterocycles. The Morgan fingerprint density at radius 1 is 1.29 bits per heavy atom. The summed E-state index contributed by atoms with van der Waals surface area (Å²) in [6.45, 7) is 1.76. The minimum Gasteiger partial charge on any atom is -0.484 e. The standard InChI is InChI=1S/C16H18ClN3O4/c1-3-8-20-14(18)13(15(22)19(2)16(20)23)11(21)9-24-12-7-5-4-6-10(12)17/h4-7H,3,8-9,18H2,1-2H3. The maximum absolute atomic E-state index is 12.4. The summed E-state index contributed by atoms with van der Waals surface area (Å²) in [6.07, 6.45) is 0.631. The van der Waals surface area contributed by atoms with Gasteiger partial charge in [-0.2, -0.15) is 0 Å². The van der Waals surface area contributed by atoms with Gasteiger partial charge in [0.25, 0.3) is 5.56 Å². The fourth-order valence-electron chi connectivity index (χ4n) is 2.26. The quantitative estimate of drug-likeness (QED) is 0.795. The number of carbonyl (C=O) groups is 1. The number of hydrogen-bond acceptors (Lipinski definition) is 5. The molecule has 0 atom stereocenters. The Morgan fingerprint density at radius 3 is 2.58 bits per heavy atom. The Bertz CT molecular complexity index is 886. The van der Waals surface area contributed by atoms with Gasteiger partial charge in [-0.25, -0.2) is 4.79 Å². The molecule has 0 spiro atoms. The van der Waals surface area contributed by atoms with E-state index in [1.165, 1.54) is 11.6 Å². The molecule has 0 saturated heterocycles. The Kier molecular flexibility index (Phi) is 5.46.